The Labute approximate surface area is 241 Å². The van der Waals surface area contributed by atoms with E-state index in [9.17, 15) is 9.90 Å². The van der Waals surface area contributed by atoms with Crippen LogP contribution in [0.3, 0.4) is 0 Å². The van der Waals surface area contributed by atoms with Gasteiger partial charge in [0.2, 0.25) is 5.91 Å². The van der Waals surface area contributed by atoms with Crippen LogP contribution < -0.4 is 10.1 Å². The Morgan fingerprint density at radius 2 is 1.80 bits per heavy atom. The average Bonchev–Trinajstić information content (AvgIpc) is 3.66. The number of hydrogen-bond acceptors (Lipinski definition) is 7. The van der Waals surface area contributed by atoms with Crippen molar-refractivity contribution in [1.82, 2.24) is 20.1 Å². The number of benzene rings is 2. The molecule has 3 aliphatic heterocycles. The lowest BCUT2D eigenvalue weighted by Gasteiger charge is -2.24. The highest BCUT2D eigenvalue weighted by Gasteiger charge is 2.42. The predicted octanol–water partition coefficient (Wildman–Crippen LogP) is 4.57. The molecule has 6 rings (SSSR count). The molecule has 0 saturated carbocycles. The van der Waals surface area contributed by atoms with Gasteiger partial charge in [0.25, 0.3) is 0 Å². The van der Waals surface area contributed by atoms with Gasteiger partial charge in [-0.25, -0.2) is 4.98 Å². The van der Waals surface area contributed by atoms with Gasteiger partial charge in [0.1, 0.15) is 10.8 Å². The van der Waals surface area contributed by atoms with Crippen LogP contribution in [0.25, 0.3) is 21.7 Å². The second-order valence-corrected chi connectivity index (χ2v) is 12.7. The number of hydrogen-bond donors (Lipinski definition) is 2. The van der Waals surface area contributed by atoms with Crippen molar-refractivity contribution >= 4 is 17.2 Å². The van der Waals surface area contributed by atoms with Crippen LogP contribution in [0.1, 0.15) is 47.4 Å². The minimum atomic E-state index is 0.0213. The second-order valence-electron chi connectivity index (χ2n) is 11.6. The number of thiazole rings is 1. The smallest absolute Gasteiger partial charge is 0.220 e. The summed E-state index contributed by atoms with van der Waals surface area (Å²) < 4.78 is 6.30. The molecule has 1 unspecified atom stereocenters. The van der Waals surface area contributed by atoms with E-state index in [0.717, 1.165) is 81.3 Å². The number of carbonyl (C=O) groups excluding carboxylic acids is 1. The molecule has 1 atom stereocenters. The highest BCUT2D eigenvalue weighted by atomic mass is 32.1. The molecule has 0 aliphatic carbocycles. The number of nitrogens with zero attached hydrogens (tertiary/aromatic N) is 3. The van der Waals surface area contributed by atoms with Gasteiger partial charge < -0.3 is 20.1 Å². The molecule has 2 fully saturated rings. The summed E-state index contributed by atoms with van der Waals surface area (Å²) in [5.41, 5.74) is 7.24. The van der Waals surface area contributed by atoms with Gasteiger partial charge in [-0.15, -0.1) is 11.3 Å². The van der Waals surface area contributed by atoms with E-state index < -0.39 is 0 Å². The Hall–Kier alpha value is -2.78. The van der Waals surface area contributed by atoms with Gasteiger partial charge in [-0.05, 0) is 61.4 Å². The molecule has 4 heterocycles. The number of β-amino-alcohol motifs (C(OH)–C–C–N with tert-alkyl or cyclic N) is 1. The van der Waals surface area contributed by atoms with Gasteiger partial charge in [0.15, 0.2) is 0 Å². The van der Waals surface area contributed by atoms with Crippen LogP contribution in [0.5, 0.6) is 5.75 Å². The average molecular weight is 561 g/mol. The third-order valence-corrected chi connectivity index (χ3v) is 10.0. The van der Waals surface area contributed by atoms with Crippen LogP contribution in [-0.4, -0.2) is 77.3 Å². The fraction of sp³-hybridized carbons (Fsp3) is 0.500. The molecule has 1 aromatic heterocycles. The van der Waals surface area contributed by atoms with E-state index in [0.29, 0.717) is 13.0 Å². The van der Waals surface area contributed by atoms with Crippen molar-refractivity contribution in [3.63, 3.8) is 0 Å². The molecular weight excluding hydrogens is 520 g/mol. The lowest BCUT2D eigenvalue weighted by atomic mass is 9.93. The zero-order chi connectivity index (χ0) is 27.7. The van der Waals surface area contributed by atoms with Crippen LogP contribution in [0.15, 0.2) is 36.4 Å². The molecule has 3 aromatic rings. The van der Waals surface area contributed by atoms with Gasteiger partial charge in [0, 0.05) is 62.6 Å². The number of carbonyl (C=O) groups is 1. The first-order valence-corrected chi connectivity index (χ1v) is 15.4. The molecule has 0 radical (unpaired) electrons. The van der Waals surface area contributed by atoms with Crippen molar-refractivity contribution in [2.45, 2.75) is 58.0 Å². The van der Waals surface area contributed by atoms with E-state index in [2.05, 4.69) is 65.4 Å². The summed E-state index contributed by atoms with van der Waals surface area (Å²) in [4.78, 5) is 22.8. The number of likely N-dealkylation sites (tertiary alicyclic amines) is 1. The summed E-state index contributed by atoms with van der Waals surface area (Å²) in [6.45, 7) is 10.8. The van der Waals surface area contributed by atoms with Gasteiger partial charge in [0.05, 0.1) is 24.4 Å². The zero-order valence-corrected chi connectivity index (χ0v) is 24.5. The molecule has 40 heavy (non-hydrogen) atoms. The van der Waals surface area contributed by atoms with Crippen LogP contribution in [0.2, 0.25) is 0 Å². The number of rotatable bonds is 9. The summed E-state index contributed by atoms with van der Waals surface area (Å²) in [6, 6.07) is 12.9. The highest BCUT2D eigenvalue weighted by molar-refractivity contribution is 7.15. The molecule has 3 aliphatic rings. The van der Waals surface area contributed by atoms with E-state index in [1.165, 1.54) is 32.8 Å². The molecule has 7 nitrogen and oxygen atoms in total. The number of amides is 1. The minimum Gasteiger partial charge on any atom is -0.493 e. The predicted molar refractivity (Wildman–Crippen MR) is 160 cm³/mol. The van der Waals surface area contributed by atoms with Crippen LogP contribution in [0, 0.1) is 13.8 Å². The second kappa shape index (κ2) is 11.6. The molecule has 2 aromatic carbocycles. The van der Waals surface area contributed by atoms with Gasteiger partial charge >= 0.3 is 0 Å². The summed E-state index contributed by atoms with van der Waals surface area (Å²) in [6.07, 6.45) is 4.61. The normalized spacial score (nSPS) is 21.2. The van der Waals surface area contributed by atoms with Gasteiger partial charge in [-0.2, -0.15) is 0 Å². The number of fused-ring (bicyclic) bond motifs is 1. The highest BCUT2D eigenvalue weighted by Crippen LogP contribution is 2.39. The molecule has 212 valence electrons. The summed E-state index contributed by atoms with van der Waals surface area (Å²) in [5.74, 6) is 1.15. The number of aliphatic hydroxyl groups is 1. The monoisotopic (exact) mass is 560 g/mol. The lowest BCUT2D eigenvalue weighted by Crippen LogP contribution is -2.44. The topological polar surface area (TPSA) is 77.9 Å². The van der Waals surface area contributed by atoms with E-state index >= 15 is 0 Å². The number of aliphatic hydroxyl groups excluding tert-OH is 1. The van der Waals surface area contributed by atoms with Crippen LogP contribution in [-0.2, 0) is 17.8 Å². The first-order chi connectivity index (χ1) is 19.4. The molecule has 2 N–H and O–H groups in total. The number of aromatic nitrogens is 1. The Bertz CT molecular complexity index is 1390. The first kappa shape index (κ1) is 27.4. The van der Waals surface area contributed by atoms with Crippen molar-refractivity contribution in [2.24, 2.45) is 0 Å². The third kappa shape index (κ3) is 5.55. The largest absolute Gasteiger partial charge is 0.493 e. The van der Waals surface area contributed by atoms with E-state index in [1.807, 2.05) is 0 Å². The Kier molecular flexibility index (Phi) is 7.95. The fourth-order valence-corrected chi connectivity index (χ4v) is 7.85. The first-order valence-electron chi connectivity index (χ1n) is 14.6. The number of ether oxygens (including phenoxy) is 1. The van der Waals surface area contributed by atoms with E-state index in [4.69, 9.17) is 9.72 Å². The fourth-order valence-electron chi connectivity index (χ4n) is 6.62. The SMILES string of the molecule is Cc1c(OCCCN2CCC3(CCC(=O)N3)C2)cccc1-c1cccc(-c2nc3c(s2)CN(CCO)CC3)c1C. The van der Waals surface area contributed by atoms with Crippen LogP contribution >= 0.6 is 11.3 Å². The summed E-state index contributed by atoms with van der Waals surface area (Å²) >= 11 is 1.79. The van der Waals surface area contributed by atoms with E-state index in [-0.39, 0.29) is 18.1 Å². The standard InChI is InChI=1S/C32H40N4O3S/c1-22-24(6-3-8-26(22)31-33-27-11-15-35(17-18-37)20-29(27)40-31)25-7-4-9-28(23(25)2)39-19-5-14-36-16-13-32(21-36)12-10-30(38)34-32/h3-4,6-9,37H,5,10-21H2,1-2H3,(H,34,38). The minimum absolute atomic E-state index is 0.0213. The Morgan fingerprint density at radius 1 is 1.00 bits per heavy atom. The maximum atomic E-state index is 11.7. The van der Waals surface area contributed by atoms with Crippen molar-refractivity contribution in [1.29, 1.82) is 0 Å². The van der Waals surface area contributed by atoms with Gasteiger partial charge in [-0.1, -0.05) is 30.3 Å². The molecule has 8 heteroatoms. The molecule has 0 bridgehead atoms. The van der Waals surface area contributed by atoms with Crippen molar-refractivity contribution < 1.29 is 14.6 Å². The molecule has 2 saturated heterocycles. The zero-order valence-electron chi connectivity index (χ0n) is 23.7. The van der Waals surface area contributed by atoms with Crippen molar-refractivity contribution in [3.05, 3.63) is 58.1 Å². The molecular formula is C32H40N4O3S. The third-order valence-electron chi connectivity index (χ3n) is 8.91. The Balaban J connectivity index is 1.12. The molecule has 1 spiro atoms. The van der Waals surface area contributed by atoms with Crippen molar-refractivity contribution in [2.75, 3.05) is 45.9 Å². The lowest BCUT2D eigenvalue weighted by molar-refractivity contribution is -0.119. The maximum Gasteiger partial charge on any atom is 0.220 e. The Morgan fingerprint density at radius 3 is 2.60 bits per heavy atom. The van der Waals surface area contributed by atoms with Crippen LogP contribution in [0.4, 0.5) is 0 Å². The molecule has 1 amide bonds. The van der Waals surface area contributed by atoms with E-state index in [1.54, 1.807) is 11.3 Å². The van der Waals surface area contributed by atoms with Gasteiger partial charge in [-0.3, -0.25) is 9.69 Å². The quantitative estimate of drug-likeness (QED) is 0.374. The summed E-state index contributed by atoms with van der Waals surface area (Å²) in [7, 11) is 0. The summed E-state index contributed by atoms with van der Waals surface area (Å²) in [5, 5.41) is 13.6. The van der Waals surface area contributed by atoms with Crippen molar-refractivity contribution in [3.8, 4) is 27.4 Å². The number of nitrogens with one attached hydrogen (secondary N) is 1. The maximum absolute atomic E-state index is 11.7.